The van der Waals surface area contributed by atoms with Crippen LogP contribution in [0.25, 0.3) is 0 Å². The van der Waals surface area contributed by atoms with Gasteiger partial charge in [0, 0.05) is 32.5 Å². The lowest BCUT2D eigenvalue weighted by Gasteiger charge is -2.16. The number of rotatable bonds is 7. The summed E-state index contributed by atoms with van der Waals surface area (Å²) < 4.78 is 32.7. The van der Waals surface area contributed by atoms with Crippen LogP contribution in [-0.2, 0) is 21.2 Å². The second-order valence-electron chi connectivity index (χ2n) is 6.06. The van der Waals surface area contributed by atoms with Gasteiger partial charge in [-0.2, -0.15) is 0 Å². The lowest BCUT2D eigenvalue weighted by Crippen LogP contribution is -2.31. The van der Waals surface area contributed by atoms with Crippen LogP contribution < -0.4 is 10.0 Å². The first kappa shape index (κ1) is 14.8. The maximum Gasteiger partial charge on any atom is 0.240 e. The molecular formula is C15H22N2O3S. The number of hydrogen-bond donors (Lipinski definition) is 2. The largest absolute Gasteiger partial charge is 0.385 e. The number of fused-ring (bicyclic) bond motifs is 1. The molecule has 1 aromatic carbocycles. The highest BCUT2D eigenvalue weighted by atomic mass is 32.2. The minimum absolute atomic E-state index is 0.112. The van der Waals surface area contributed by atoms with Crippen molar-refractivity contribution < 1.29 is 13.2 Å². The predicted octanol–water partition coefficient (Wildman–Crippen LogP) is 1.75. The van der Waals surface area contributed by atoms with E-state index in [-0.39, 0.29) is 5.41 Å². The summed E-state index contributed by atoms with van der Waals surface area (Å²) in [6.45, 7) is 2.08. The minimum Gasteiger partial charge on any atom is -0.385 e. The van der Waals surface area contributed by atoms with E-state index in [1.54, 1.807) is 19.2 Å². The van der Waals surface area contributed by atoms with E-state index in [0.717, 1.165) is 43.5 Å². The zero-order chi connectivity index (χ0) is 14.9. The van der Waals surface area contributed by atoms with Crippen LogP contribution in [0.4, 0.5) is 5.69 Å². The van der Waals surface area contributed by atoms with Gasteiger partial charge in [-0.1, -0.05) is 0 Å². The molecular weight excluding hydrogens is 288 g/mol. The fourth-order valence-electron chi connectivity index (χ4n) is 2.79. The van der Waals surface area contributed by atoms with Gasteiger partial charge in [0.1, 0.15) is 0 Å². The summed E-state index contributed by atoms with van der Waals surface area (Å²) in [5, 5.41) is 3.24. The van der Waals surface area contributed by atoms with E-state index >= 15 is 0 Å². The van der Waals surface area contributed by atoms with Gasteiger partial charge in [-0.05, 0) is 54.9 Å². The molecule has 0 spiro atoms. The zero-order valence-corrected chi connectivity index (χ0v) is 13.1. The molecule has 1 aromatic rings. The molecule has 2 N–H and O–H groups in total. The third-order valence-corrected chi connectivity index (χ3v) is 5.93. The monoisotopic (exact) mass is 310 g/mol. The van der Waals surface area contributed by atoms with Crippen molar-refractivity contribution in [1.29, 1.82) is 0 Å². The normalized spacial score (nSPS) is 19.1. The van der Waals surface area contributed by atoms with E-state index in [2.05, 4.69) is 10.0 Å². The van der Waals surface area contributed by atoms with Gasteiger partial charge < -0.3 is 10.1 Å². The average molecular weight is 310 g/mol. The Morgan fingerprint density at radius 1 is 1.38 bits per heavy atom. The molecule has 1 saturated carbocycles. The highest BCUT2D eigenvalue weighted by Crippen LogP contribution is 2.48. The van der Waals surface area contributed by atoms with Crippen LogP contribution in [0.5, 0.6) is 0 Å². The number of methoxy groups -OCH3 is 1. The van der Waals surface area contributed by atoms with E-state index in [0.29, 0.717) is 18.0 Å². The molecule has 1 aliphatic carbocycles. The molecule has 1 fully saturated rings. The van der Waals surface area contributed by atoms with Crippen molar-refractivity contribution in [1.82, 2.24) is 4.72 Å². The third-order valence-electron chi connectivity index (χ3n) is 4.53. The van der Waals surface area contributed by atoms with Crippen molar-refractivity contribution >= 4 is 15.7 Å². The standard InChI is InChI=1S/C15H22N2O3S/c1-20-9-7-15(5-6-15)11-17-21(18,19)13-2-3-14-12(10-13)4-8-16-14/h2-3,10,16-17H,4-9,11H2,1H3. The second kappa shape index (κ2) is 5.59. The van der Waals surface area contributed by atoms with E-state index in [4.69, 9.17) is 4.74 Å². The zero-order valence-electron chi connectivity index (χ0n) is 12.3. The van der Waals surface area contributed by atoms with Crippen LogP contribution in [0.3, 0.4) is 0 Å². The highest BCUT2D eigenvalue weighted by Gasteiger charge is 2.42. The summed E-state index contributed by atoms with van der Waals surface area (Å²) in [5.74, 6) is 0. The number of anilines is 1. The predicted molar refractivity (Wildman–Crippen MR) is 82.0 cm³/mol. The van der Waals surface area contributed by atoms with E-state index < -0.39 is 10.0 Å². The van der Waals surface area contributed by atoms with Crippen LogP contribution >= 0.6 is 0 Å². The SMILES string of the molecule is COCCC1(CNS(=O)(=O)c2ccc3c(c2)CCN3)CC1. The summed E-state index contributed by atoms with van der Waals surface area (Å²) in [4.78, 5) is 0.368. The van der Waals surface area contributed by atoms with Gasteiger partial charge in [0.2, 0.25) is 10.0 Å². The van der Waals surface area contributed by atoms with Gasteiger partial charge in [-0.25, -0.2) is 13.1 Å². The highest BCUT2D eigenvalue weighted by molar-refractivity contribution is 7.89. The Labute approximate surface area is 126 Å². The molecule has 0 bridgehead atoms. The molecule has 5 nitrogen and oxygen atoms in total. The average Bonchev–Trinajstić information content (AvgIpc) is 3.09. The molecule has 1 aliphatic heterocycles. The molecule has 0 aromatic heterocycles. The maximum absolute atomic E-state index is 12.4. The van der Waals surface area contributed by atoms with Gasteiger partial charge in [-0.3, -0.25) is 0 Å². The van der Waals surface area contributed by atoms with Crippen molar-refractivity contribution in [2.24, 2.45) is 5.41 Å². The first-order valence-corrected chi connectivity index (χ1v) is 8.88. The number of hydrogen-bond acceptors (Lipinski definition) is 4. The van der Waals surface area contributed by atoms with Crippen LogP contribution in [0, 0.1) is 5.41 Å². The number of ether oxygens (including phenoxy) is 1. The Morgan fingerprint density at radius 2 is 2.19 bits per heavy atom. The molecule has 0 radical (unpaired) electrons. The summed E-state index contributed by atoms with van der Waals surface area (Å²) >= 11 is 0. The van der Waals surface area contributed by atoms with Crippen molar-refractivity contribution in [2.45, 2.75) is 30.6 Å². The number of benzene rings is 1. The molecule has 21 heavy (non-hydrogen) atoms. The lowest BCUT2D eigenvalue weighted by molar-refractivity contribution is 0.173. The second-order valence-corrected chi connectivity index (χ2v) is 7.83. The van der Waals surface area contributed by atoms with Crippen LogP contribution in [0.2, 0.25) is 0 Å². The topological polar surface area (TPSA) is 67.4 Å². The van der Waals surface area contributed by atoms with Crippen LogP contribution in [-0.4, -0.2) is 35.2 Å². The molecule has 116 valence electrons. The quantitative estimate of drug-likeness (QED) is 0.805. The van der Waals surface area contributed by atoms with Gasteiger partial charge in [0.25, 0.3) is 0 Å². The summed E-state index contributed by atoms with van der Waals surface area (Å²) in [7, 11) is -1.74. The van der Waals surface area contributed by atoms with Gasteiger partial charge in [-0.15, -0.1) is 0 Å². The molecule has 0 saturated heterocycles. The molecule has 0 atom stereocenters. The van der Waals surface area contributed by atoms with E-state index in [9.17, 15) is 8.42 Å². The van der Waals surface area contributed by atoms with E-state index in [1.165, 1.54) is 0 Å². The Balaban J connectivity index is 1.67. The van der Waals surface area contributed by atoms with Crippen molar-refractivity contribution in [3.8, 4) is 0 Å². The smallest absolute Gasteiger partial charge is 0.240 e. The fraction of sp³-hybridized carbons (Fsp3) is 0.600. The Morgan fingerprint density at radius 3 is 2.90 bits per heavy atom. The van der Waals surface area contributed by atoms with Gasteiger partial charge in [0.15, 0.2) is 0 Å². The van der Waals surface area contributed by atoms with Crippen molar-refractivity contribution in [3.63, 3.8) is 0 Å². The molecule has 6 heteroatoms. The third kappa shape index (κ3) is 3.22. The maximum atomic E-state index is 12.4. The Bertz CT molecular complexity index is 624. The molecule has 2 aliphatic rings. The first-order valence-electron chi connectivity index (χ1n) is 7.40. The van der Waals surface area contributed by atoms with Gasteiger partial charge >= 0.3 is 0 Å². The number of sulfonamides is 1. The fourth-order valence-corrected chi connectivity index (χ4v) is 4.00. The lowest BCUT2D eigenvalue weighted by atomic mass is 10.0. The first-order chi connectivity index (χ1) is 10.0. The molecule has 1 heterocycles. The summed E-state index contributed by atoms with van der Waals surface area (Å²) in [6.07, 6.45) is 3.95. The van der Waals surface area contributed by atoms with E-state index in [1.807, 2.05) is 6.07 Å². The summed E-state index contributed by atoms with van der Waals surface area (Å²) in [6, 6.07) is 5.31. The van der Waals surface area contributed by atoms with Crippen molar-refractivity contribution in [3.05, 3.63) is 23.8 Å². The Hall–Kier alpha value is -1.11. The Kier molecular flexibility index (Phi) is 3.94. The molecule has 0 unspecified atom stereocenters. The van der Waals surface area contributed by atoms with Crippen LogP contribution in [0.1, 0.15) is 24.8 Å². The van der Waals surface area contributed by atoms with Crippen molar-refractivity contribution in [2.75, 3.05) is 32.1 Å². The van der Waals surface area contributed by atoms with Gasteiger partial charge in [0.05, 0.1) is 4.90 Å². The summed E-state index contributed by atoms with van der Waals surface area (Å²) in [5.41, 5.74) is 2.24. The minimum atomic E-state index is -3.42. The molecule has 3 rings (SSSR count). The molecule has 0 amide bonds. The van der Waals surface area contributed by atoms with Crippen LogP contribution in [0.15, 0.2) is 23.1 Å². The number of nitrogens with one attached hydrogen (secondary N) is 2.